The first-order valence-electron chi connectivity index (χ1n) is 6.48. The van der Waals surface area contributed by atoms with Crippen LogP contribution in [0.1, 0.15) is 18.0 Å². The van der Waals surface area contributed by atoms with Crippen LogP contribution in [0.4, 0.5) is 0 Å². The van der Waals surface area contributed by atoms with Crippen molar-refractivity contribution in [3.8, 4) is 0 Å². The van der Waals surface area contributed by atoms with Crippen molar-refractivity contribution in [3.63, 3.8) is 0 Å². The second kappa shape index (κ2) is 9.05. The minimum Gasteiger partial charge on any atom is -0.395 e. The van der Waals surface area contributed by atoms with E-state index in [1.54, 1.807) is 0 Å². The van der Waals surface area contributed by atoms with Gasteiger partial charge in [-0.2, -0.15) is 0 Å². The van der Waals surface area contributed by atoms with Gasteiger partial charge in [-0.1, -0.05) is 30.3 Å². The molecule has 4 nitrogen and oxygen atoms in total. The van der Waals surface area contributed by atoms with E-state index in [0.717, 1.165) is 13.0 Å². The highest BCUT2D eigenvalue weighted by Gasteiger charge is 2.11. The molecule has 102 valence electrons. The highest BCUT2D eigenvalue weighted by Crippen LogP contribution is 2.16. The van der Waals surface area contributed by atoms with E-state index in [9.17, 15) is 0 Å². The Morgan fingerprint density at radius 2 is 1.67 bits per heavy atom. The van der Waals surface area contributed by atoms with Gasteiger partial charge in [0.15, 0.2) is 0 Å². The summed E-state index contributed by atoms with van der Waals surface area (Å²) in [5, 5.41) is 21.2. The van der Waals surface area contributed by atoms with E-state index in [4.69, 9.17) is 10.2 Å². The van der Waals surface area contributed by atoms with Crippen LogP contribution in [-0.2, 0) is 0 Å². The summed E-state index contributed by atoms with van der Waals surface area (Å²) >= 11 is 0. The molecular weight excluding hydrogens is 228 g/mol. The van der Waals surface area contributed by atoms with Gasteiger partial charge >= 0.3 is 0 Å². The van der Waals surface area contributed by atoms with E-state index in [0.29, 0.717) is 19.1 Å². The summed E-state index contributed by atoms with van der Waals surface area (Å²) in [7, 11) is 1.96. The fraction of sp³-hybridized carbons (Fsp3) is 0.571. The van der Waals surface area contributed by atoms with Gasteiger partial charge in [-0.05, 0) is 19.0 Å². The molecule has 1 unspecified atom stereocenters. The van der Waals surface area contributed by atoms with Crippen LogP contribution < -0.4 is 5.32 Å². The number of aliphatic hydroxyl groups is 2. The summed E-state index contributed by atoms with van der Waals surface area (Å²) in [6.45, 7) is 2.37. The maximum Gasteiger partial charge on any atom is 0.0558 e. The summed E-state index contributed by atoms with van der Waals surface area (Å²) in [5.41, 5.74) is 1.27. The highest BCUT2D eigenvalue weighted by atomic mass is 16.3. The van der Waals surface area contributed by atoms with Gasteiger partial charge in [-0.3, -0.25) is 4.90 Å². The summed E-state index contributed by atoms with van der Waals surface area (Å²) in [6.07, 6.45) is 0.959. The predicted molar refractivity (Wildman–Crippen MR) is 73.5 cm³/mol. The largest absolute Gasteiger partial charge is 0.395 e. The Morgan fingerprint density at radius 3 is 2.17 bits per heavy atom. The van der Waals surface area contributed by atoms with Crippen molar-refractivity contribution >= 4 is 0 Å². The van der Waals surface area contributed by atoms with Crippen LogP contribution >= 0.6 is 0 Å². The van der Waals surface area contributed by atoms with Gasteiger partial charge in [0.25, 0.3) is 0 Å². The molecule has 1 aromatic carbocycles. The van der Waals surface area contributed by atoms with Gasteiger partial charge in [-0.25, -0.2) is 0 Å². The zero-order valence-electron chi connectivity index (χ0n) is 11.0. The molecule has 0 aliphatic carbocycles. The zero-order valence-corrected chi connectivity index (χ0v) is 11.0. The fourth-order valence-electron chi connectivity index (χ4n) is 2.09. The lowest BCUT2D eigenvalue weighted by Crippen LogP contribution is -2.33. The first-order valence-corrected chi connectivity index (χ1v) is 6.48. The standard InChI is InChI=1S/C14H24N2O2/c1-15-14(13-5-3-2-4-6-13)7-8-16(9-11-17)10-12-18/h2-6,14-15,17-18H,7-12H2,1H3. The summed E-state index contributed by atoms with van der Waals surface area (Å²) in [6, 6.07) is 10.6. The predicted octanol–water partition coefficient (Wildman–Crippen LogP) is 0.624. The molecule has 0 radical (unpaired) electrons. The van der Waals surface area contributed by atoms with Crippen LogP contribution in [0.15, 0.2) is 30.3 Å². The molecule has 0 saturated carbocycles. The molecule has 1 aromatic rings. The molecule has 0 fully saturated rings. The van der Waals surface area contributed by atoms with E-state index in [1.165, 1.54) is 5.56 Å². The van der Waals surface area contributed by atoms with Crippen LogP contribution in [-0.4, -0.2) is 55.0 Å². The molecule has 1 rings (SSSR count). The first-order chi connectivity index (χ1) is 8.81. The minimum absolute atomic E-state index is 0.134. The second-order valence-corrected chi connectivity index (χ2v) is 4.33. The van der Waals surface area contributed by atoms with Crippen molar-refractivity contribution in [1.29, 1.82) is 0 Å². The van der Waals surface area contributed by atoms with Crippen LogP contribution in [0.25, 0.3) is 0 Å². The third-order valence-electron chi connectivity index (χ3n) is 3.12. The lowest BCUT2D eigenvalue weighted by molar-refractivity contribution is 0.156. The molecule has 0 aromatic heterocycles. The van der Waals surface area contributed by atoms with Crippen molar-refractivity contribution in [2.45, 2.75) is 12.5 Å². The van der Waals surface area contributed by atoms with E-state index in [2.05, 4.69) is 22.3 Å². The molecule has 0 aliphatic heterocycles. The average molecular weight is 252 g/mol. The fourth-order valence-corrected chi connectivity index (χ4v) is 2.09. The number of nitrogens with zero attached hydrogens (tertiary/aromatic N) is 1. The van der Waals surface area contributed by atoms with Crippen molar-refractivity contribution < 1.29 is 10.2 Å². The molecule has 0 aliphatic rings. The Labute approximate surface area is 109 Å². The lowest BCUT2D eigenvalue weighted by Gasteiger charge is -2.24. The van der Waals surface area contributed by atoms with Crippen LogP contribution in [0, 0.1) is 0 Å². The van der Waals surface area contributed by atoms with Gasteiger partial charge in [0.1, 0.15) is 0 Å². The quantitative estimate of drug-likeness (QED) is 0.603. The van der Waals surface area contributed by atoms with Crippen LogP contribution in [0.2, 0.25) is 0 Å². The summed E-state index contributed by atoms with van der Waals surface area (Å²) < 4.78 is 0. The van der Waals surface area contributed by atoms with E-state index >= 15 is 0 Å². The monoisotopic (exact) mass is 252 g/mol. The Morgan fingerprint density at radius 1 is 1.06 bits per heavy atom. The van der Waals surface area contributed by atoms with Gasteiger partial charge in [-0.15, -0.1) is 0 Å². The Kier molecular flexibility index (Phi) is 7.60. The smallest absolute Gasteiger partial charge is 0.0558 e. The molecule has 1 atom stereocenters. The highest BCUT2D eigenvalue weighted by molar-refractivity contribution is 5.18. The third-order valence-corrected chi connectivity index (χ3v) is 3.12. The summed E-state index contributed by atoms with van der Waals surface area (Å²) in [4.78, 5) is 2.08. The van der Waals surface area contributed by atoms with Crippen LogP contribution in [0.3, 0.4) is 0 Å². The van der Waals surface area contributed by atoms with Gasteiger partial charge in [0.2, 0.25) is 0 Å². The Hall–Kier alpha value is -0.940. The molecular formula is C14H24N2O2. The first kappa shape index (κ1) is 15.1. The molecule has 0 saturated heterocycles. The Balaban J connectivity index is 2.48. The maximum absolute atomic E-state index is 8.96. The number of nitrogens with one attached hydrogen (secondary N) is 1. The van der Waals surface area contributed by atoms with Gasteiger partial charge in [0, 0.05) is 25.7 Å². The molecule has 3 N–H and O–H groups in total. The average Bonchev–Trinajstić information content (AvgIpc) is 2.41. The molecule has 4 heteroatoms. The number of aliphatic hydroxyl groups excluding tert-OH is 2. The van der Waals surface area contributed by atoms with Gasteiger partial charge < -0.3 is 15.5 Å². The van der Waals surface area contributed by atoms with Crippen molar-refractivity contribution in [2.24, 2.45) is 0 Å². The number of rotatable bonds is 9. The minimum atomic E-state index is 0.134. The number of hydrogen-bond donors (Lipinski definition) is 3. The Bertz CT molecular complexity index is 300. The van der Waals surface area contributed by atoms with Crippen LogP contribution in [0.5, 0.6) is 0 Å². The topological polar surface area (TPSA) is 55.7 Å². The van der Waals surface area contributed by atoms with E-state index in [-0.39, 0.29) is 13.2 Å². The maximum atomic E-state index is 8.96. The van der Waals surface area contributed by atoms with Gasteiger partial charge in [0.05, 0.1) is 13.2 Å². The number of hydrogen-bond acceptors (Lipinski definition) is 4. The molecule has 18 heavy (non-hydrogen) atoms. The molecule has 0 spiro atoms. The zero-order chi connectivity index (χ0) is 13.2. The lowest BCUT2D eigenvalue weighted by atomic mass is 10.0. The third kappa shape index (κ3) is 5.14. The van der Waals surface area contributed by atoms with Crippen molar-refractivity contribution in [1.82, 2.24) is 10.2 Å². The molecule has 0 bridgehead atoms. The second-order valence-electron chi connectivity index (χ2n) is 4.33. The summed E-state index contributed by atoms with van der Waals surface area (Å²) in [5.74, 6) is 0. The molecule has 0 amide bonds. The SMILES string of the molecule is CNC(CCN(CCO)CCO)c1ccccc1. The number of benzene rings is 1. The van der Waals surface area contributed by atoms with Crippen molar-refractivity contribution in [3.05, 3.63) is 35.9 Å². The van der Waals surface area contributed by atoms with E-state index < -0.39 is 0 Å². The van der Waals surface area contributed by atoms with Crippen molar-refractivity contribution in [2.75, 3.05) is 39.9 Å². The van der Waals surface area contributed by atoms with E-state index in [1.807, 2.05) is 25.2 Å². The molecule has 0 heterocycles. The normalized spacial score (nSPS) is 12.9.